The molecule has 5 heteroatoms. The van der Waals surface area contributed by atoms with Crippen LogP contribution in [0.1, 0.15) is 59.1 Å². The number of amides is 3. The van der Waals surface area contributed by atoms with E-state index < -0.39 is 6.04 Å². The summed E-state index contributed by atoms with van der Waals surface area (Å²) in [6.45, 7) is 13.4. The molecule has 0 aliphatic carbocycles. The third kappa shape index (κ3) is 4.28. The Morgan fingerprint density at radius 2 is 1.79 bits per heavy atom. The molecule has 1 aliphatic rings. The molecule has 0 bridgehead atoms. The number of rotatable bonds is 2. The SMILES string of the molecule is CC(C)(C)c1ccc(C(C)(C)C)c(NC(=O)NC2CCNC2=O)c1. The van der Waals surface area contributed by atoms with E-state index in [0.29, 0.717) is 13.0 Å². The average Bonchev–Trinajstić information content (AvgIpc) is 2.81. The van der Waals surface area contributed by atoms with Crippen molar-refractivity contribution in [3.63, 3.8) is 0 Å². The van der Waals surface area contributed by atoms with E-state index in [0.717, 1.165) is 16.8 Å². The van der Waals surface area contributed by atoms with Crippen LogP contribution in [0.3, 0.4) is 0 Å². The summed E-state index contributed by atoms with van der Waals surface area (Å²) >= 11 is 0. The predicted molar refractivity (Wildman–Crippen MR) is 97.4 cm³/mol. The number of nitrogens with one attached hydrogen (secondary N) is 3. The van der Waals surface area contributed by atoms with Crippen LogP contribution in [0.2, 0.25) is 0 Å². The fourth-order valence-corrected chi connectivity index (χ4v) is 2.82. The van der Waals surface area contributed by atoms with Crippen molar-refractivity contribution in [1.29, 1.82) is 0 Å². The molecule has 5 nitrogen and oxygen atoms in total. The van der Waals surface area contributed by atoms with Crippen molar-refractivity contribution < 1.29 is 9.59 Å². The topological polar surface area (TPSA) is 70.2 Å². The Balaban J connectivity index is 2.25. The normalized spacial score (nSPS) is 18.2. The van der Waals surface area contributed by atoms with Gasteiger partial charge in [0.2, 0.25) is 5.91 Å². The largest absolute Gasteiger partial charge is 0.354 e. The molecular formula is C19H29N3O2. The summed E-state index contributed by atoms with van der Waals surface area (Å²) in [5.74, 6) is -0.121. The van der Waals surface area contributed by atoms with Crippen LogP contribution in [0.5, 0.6) is 0 Å². The first-order valence-corrected chi connectivity index (χ1v) is 8.49. The van der Waals surface area contributed by atoms with Crippen LogP contribution < -0.4 is 16.0 Å². The third-order valence-electron chi connectivity index (χ3n) is 4.30. The summed E-state index contributed by atoms with van der Waals surface area (Å²) in [4.78, 5) is 24.0. The lowest BCUT2D eigenvalue weighted by atomic mass is 9.81. The highest BCUT2D eigenvalue weighted by atomic mass is 16.2. The maximum absolute atomic E-state index is 12.4. The molecule has 0 radical (unpaired) electrons. The van der Waals surface area contributed by atoms with E-state index >= 15 is 0 Å². The van der Waals surface area contributed by atoms with Gasteiger partial charge in [-0.25, -0.2) is 4.79 Å². The fraction of sp³-hybridized carbons (Fsp3) is 0.579. The van der Waals surface area contributed by atoms with Gasteiger partial charge in [0.15, 0.2) is 0 Å². The molecule has 1 aromatic carbocycles. The Bertz CT molecular complexity index is 639. The summed E-state index contributed by atoms with van der Waals surface area (Å²) in [6.07, 6.45) is 0.625. The molecular weight excluding hydrogens is 302 g/mol. The molecule has 0 aromatic heterocycles. The molecule has 24 heavy (non-hydrogen) atoms. The maximum atomic E-state index is 12.4. The molecule has 0 saturated carbocycles. The Kier molecular flexibility index (Phi) is 4.92. The number of carbonyl (C=O) groups is 2. The van der Waals surface area contributed by atoms with E-state index in [1.165, 1.54) is 0 Å². The minimum Gasteiger partial charge on any atom is -0.354 e. The second-order valence-corrected chi connectivity index (χ2v) is 8.49. The first-order valence-electron chi connectivity index (χ1n) is 8.49. The van der Waals surface area contributed by atoms with Gasteiger partial charge >= 0.3 is 6.03 Å². The molecule has 1 unspecified atom stereocenters. The number of anilines is 1. The lowest BCUT2D eigenvalue weighted by Crippen LogP contribution is -2.42. The summed E-state index contributed by atoms with van der Waals surface area (Å²) < 4.78 is 0. The highest BCUT2D eigenvalue weighted by molar-refractivity contribution is 5.95. The number of hydrogen-bond donors (Lipinski definition) is 3. The number of hydrogen-bond acceptors (Lipinski definition) is 2. The van der Waals surface area contributed by atoms with Crippen LogP contribution in [0.25, 0.3) is 0 Å². The second kappa shape index (κ2) is 6.46. The Morgan fingerprint density at radius 3 is 2.29 bits per heavy atom. The van der Waals surface area contributed by atoms with E-state index in [-0.39, 0.29) is 22.8 Å². The first-order chi connectivity index (χ1) is 11.0. The van der Waals surface area contributed by atoms with Crippen molar-refractivity contribution in [3.05, 3.63) is 29.3 Å². The van der Waals surface area contributed by atoms with Gasteiger partial charge in [0.25, 0.3) is 0 Å². The fourth-order valence-electron chi connectivity index (χ4n) is 2.82. The van der Waals surface area contributed by atoms with Gasteiger partial charge in [-0.15, -0.1) is 0 Å². The van der Waals surface area contributed by atoms with Gasteiger partial charge in [0.05, 0.1) is 0 Å². The van der Waals surface area contributed by atoms with Gasteiger partial charge in [0.1, 0.15) is 6.04 Å². The van der Waals surface area contributed by atoms with Gasteiger partial charge in [-0.1, -0.05) is 53.7 Å². The monoisotopic (exact) mass is 331 g/mol. The van der Waals surface area contributed by atoms with Gasteiger partial charge in [-0.2, -0.15) is 0 Å². The zero-order chi connectivity index (χ0) is 18.1. The maximum Gasteiger partial charge on any atom is 0.319 e. The molecule has 1 aliphatic heterocycles. The molecule has 1 aromatic rings. The lowest BCUT2D eigenvalue weighted by molar-refractivity contribution is -0.120. The van der Waals surface area contributed by atoms with Crippen molar-refractivity contribution in [3.8, 4) is 0 Å². The lowest BCUT2D eigenvalue weighted by Gasteiger charge is -2.27. The van der Waals surface area contributed by atoms with Crippen molar-refractivity contribution >= 4 is 17.6 Å². The molecule has 1 heterocycles. The minimum atomic E-state index is -0.450. The van der Waals surface area contributed by atoms with Crippen LogP contribution in [0, 0.1) is 0 Å². The highest BCUT2D eigenvalue weighted by Gasteiger charge is 2.27. The Labute approximate surface area is 144 Å². The van der Waals surface area contributed by atoms with Crippen LogP contribution in [0.15, 0.2) is 18.2 Å². The van der Waals surface area contributed by atoms with Crippen molar-refractivity contribution in [2.24, 2.45) is 0 Å². The number of carbonyl (C=O) groups excluding carboxylic acids is 2. The minimum absolute atomic E-state index is 0.00530. The van der Waals surface area contributed by atoms with Crippen molar-refractivity contribution in [2.45, 2.75) is 64.8 Å². The summed E-state index contributed by atoms with van der Waals surface area (Å²) in [7, 11) is 0. The molecule has 132 valence electrons. The van der Waals surface area contributed by atoms with Gasteiger partial charge in [0, 0.05) is 12.2 Å². The van der Waals surface area contributed by atoms with Gasteiger partial charge < -0.3 is 16.0 Å². The standard InChI is InChI=1S/C19H29N3O2/c1-18(2,3)12-7-8-13(19(4,5)6)15(11-12)22-17(24)21-14-9-10-20-16(14)23/h7-8,11,14H,9-10H2,1-6H3,(H,20,23)(H2,21,22,24). The van der Waals surface area contributed by atoms with Crippen LogP contribution in [-0.4, -0.2) is 24.5 Å². The zero-order valence-corrected chi connectivity index (χ0v) is 15.5. The molecule has 1 atom stereocenters. The van der Waals surface area contributed by atoms with Crippen molar-refractivity contribution in [2.75, 3.05) is 11.9 Å². The molecule has 1 saturated heterocycles. The summed E-state index contributed by atoms with van der Waals surface area (Å²) in [5.41, 5.74) is 2.93. The van der Waals surface area contributed by atoms with E-state index in [9.17, 15) is 9.59 Å². The van der Waals surface area contributed by atoms with Crippen molar-refractivity contribution in [1.82, 2.24) is 10.6 Å². The summed E-state index contributed by atoms with van der Waals surface area (Å²) in [6, 6.07) is 5.45. The number of benzene rings is 1. The first kappa shape index (κ1) is 18.3. The molecule has 3 N–H and O–H groups in total. The molecule has 3 amide bonds. The third-order valence-corrected chi connectivity index (χ3v) is 4.30. The van der Waals surface area contributed by atoms with E-state index in [1.54, 1.807) is 0 Å². The smallest absolute Gasteiger partial charge is 0.319 e. The summed E-state index contributed by atoms with van der Waals surface area (Å²) in [5, 5.41) is 8.42. The van der Waals surface area contributed by atoms with Gasteiger partial charge in [-0.05, 0) is 34.4 Å². The second-order valence-electron chi connectivity index (χ2n) is 8.49. The number of urea groups is 1. The Morgan fingerprint density at radius 1 is 1.12 bits per heavy atom. The Hall–Kier alpha value is -2.04. The van der Waals surface area contributed by atoms with Gasteiger partial charge in [-0.3, -0.25) is 4.79 Å². The van der Waals surface area contributed by atoms with E-state index in [2.05, 4.69) is 69.6 Å². The average molecular weight is 331 g/mol. The highest BCUT2D eigenvalue weighted by Crippen LogP contribution is 2.33. The van der Waals surface area contributed by atoms with E-state index in [1.807, 2.05) is 6.07 Å². The molecule has 0 spiro atoms. The van der Waals surface area contributed by atoms with Crippen LogP contribution >= 0.6 is 0 Å². The quantitative estimate of drug-likeness (QED) is 0.778. The van der Waals surface area contributed by atoms with E-state index in [4.69, 9.17) is 0 Å². The molecule has 2 rings (SSSR count). The zero-order valence-electron chi connectivity index (χ0n) is 15.5. The molecule has 1 fully saturated rings. The van der Waals surface area contributed by atoms with Crippen LogP contribution in [0.4, 0.5) is 10.5 Å². The predicted octanol–water partition coefficient (Wildman–Crippen LogP) is 3.29. The van der Waals surface area contributed by atoms with Crippen LogP contribution in [-0.2, 0) is 15.6 Å².